The summed E-state index contributed by atoms with van der Waals surface area (Å²) in [5.41, 5.74) is 2.67. The molecule has 0 bridgehead atoms. The van der Waals surface area contributed by atoms with Gasteiger partial charge in [-0.15, -0.1) is 0 Å². The lowest BCUT2D eigenvalue weighted by atomic mass is 10.0. The first-order valence-corrected chi connectivity index (χ1v) is 8.22. The Balaban J connectivity index is 1.93. The Morgan fingerprint density at radius 1 is 1.19 bits per heavy atom. The van der Waals surface area contributed by atoms with Crippen LogP contribution < -0.4 is 5.32 Å². The molecule has 7 heteroatoms. The molecule has 136 valence electrons. The third-order valence-corrected chi connectivity index (χ3v) is 4.63. The number of hydrogen-bond acceptors (Lipinski definition) is 4. The molecule has 2 aromatic heterocycles. The molecule has 26 heavy (non-hydrogen) atoms. The van der Waals surface area contributed by atoms with Crippen molar-refractivity contribution in [3.05, 3.63) is 47.0 Å². The van der Waals surface area contributed by atoms with Crippen LogP contribution in [0.5, 0.6) is 0 Å². The van der Waals surface area contributed by atoms with Crippen molar-refractivity contribution in [1.29, 1.82) is 0 Å². The number of aliphatic carboxylic acids is 1. The second-order valence-electron chi connectivity index (χ2n) is 6.95. The van der Waals surface area contributed by atoms with Crippen LogP contribution in [0.3, 0.4) is 0 Å². The minimum atomic E-state index is -1.22. The first-order valence-electron chi connectivity index (χ1n) is 8.22. The average Bonchev–Trinajstić information content (AvgIpc) is 3.16. The molecule has 3 aromatic rings. The number of nitrogens with one attached hydrogen (secondary N) is 1. The number of benzene rings is 1. The number of nitrogens with zero attached hydrogens (tertiary/aromatic N) is 2. The van der Waals surface area contributed by atoms with Crippen molar-refractivity contribution in [3.63, 3.8) is 0 Å². The molecule has 0 aliphatic carbocycles. The van der Waals surface area contributed by atoms with Crippen molar-refractivity contribution < 1.29 is 19.1 Å². The third-order valence-electron chi connectivity index (χ3n) is 4.63. The Bertz CT molecular complexity index is 1030. The van der Waals surface area contributed by atoms with Crippen molar-refractivity contribution >= 4 is 28.5 Å². The zero-order chi connectivity index (χ0) is 19.2. The van der Waals surface area contributed by atoms with E-state index in [-0.39, 0.29) is 5.76 Å². The fourth-order valence-electron chi connectivity index (χ4n) is 2.87. The number of furan rings is 1. The number of rotatable bonds is 4. The SMILES string of the molecule is Cc1ccc(C)c2c(C)c(C(=O)Nc3cnn(C(C)(C)C(=O)O)c3)oc12. The number of amides is 1. The van der Waals surface area contributed by atoms with E-state index < -0.39 is 17.4 Å². The van der Waals surface area contributed by atoms with Gasteiger partial charge in [-0.25, -0.2) is 4.79 Å². The van der Waals surface area contributed by atoms with Gasteiger partial charge in [0.15, 0.2) is 11.3 Å². The second-order valence-corrected chi connectivity index (χ2v) is 6.95. The molecular weight excluding hydrogens is 334 g/mol. The molecule has 0 radical (unpaired) electrons. The highest BCUT2D eigenvalue weighted by Crippen LogP contribution is 2.31. The molecule has 7 nitrogen and oxygen atoms in total. The van der Waals surface area contributed by atoms with Crippen LogP contribution in [0.1, 0.15) is 41.1 Å². The predicted octanol–water partition coefficient (Wildman–Crippen LogP) is 3.63. The van der Waals surface area contributed by atoms with Gasteiger partial charge >= 0.3 is 5.97 Å². The Morgan fingerprint density at radius 3 is 2.46 bits per heavy atom. The summed E-state index contributed by atoms with van der Waals surface area (Å²) in [4.78, 5) is 24.0. The zero-order valence-corrected chi connectivity index (χ0v) is 15.4. The summed E-state index contributed by atoms with van der Waals surface area (Å²) in [7, 11) is 0. The number of carbonyl (C=O) groups excluding carboxylic acids is 1. The van der Waals surface area contributed by atoms with Gasteiger partial charge in [-0.2, -0.15) is 5.10 Å². The molecule has 1 aromatic carbocycles. The molecule has 0 aliphatic rings. The topological polar surface area (TPSA) is 97.4 Å². The number of carboxylic acid groups (broad SMARTS) is 1. The maximum atomic E-state index is 12.7. The van der Waals surface area contributed by atoms with Gasteiger partial charge in [0.05, 0.1) is 11.9 Å². The van der Waals surface area contributed by atoms with Crippen LogP contribution in [-0.2, 0) is 10.3 Å². The summed E-state index contributed by atoms with van der Waals surface area (Å²) < 4.78 is 7.12. The first kappa shape index (κ1) is 17.7. The Kier molecular flexibility index (Phi) is 4.10. The largest absolute Gasteiger partial charge is 0.479 e. The van der Waals surface area contributed by atoms with Gasteiger partial charge in [0, 0.05) is 17.1 Å². The van der Waals surface area contributed by atoms with E-state index in [1.165, 1.54) is 30.9 Å². The lowest BCUT2D eigenvalue weighted by molar-refractivity contribution is -0.146. The monoisotopic (exact) mass is 355 g/mol. The van der Waals surface area contributed by atoms with E-state index in [9.17, 15) is 14.7 Å². The van der Waals surface area contributed by atoms with E-state index in [4.69, 9.17) is 4.42 Å². The highest BCUT2D eigenvalue weighted by molar-refractivity contribution is 6.07. The van der Waals surface area contributed by atoms with Crippen LogP contribution in [0.15, 0.2) is 28.9 Å². The van der Waals surface area contributed by atoms with E-state index in [0.29, 0.717) is 11.3 Å². The quantitative estimate of drug-likeness (QED) is 0.745. The number of carbonyl (C=O) groups is 2. The highest BCUT2D eigenvalue weighted by Gasteiger charge is 2.30. The maximum Gasteiger partial charge on any atom is 0.331 e. The summed E-state index contributed by atoms with van der Waals surface area (Å²) in [5, 5.41) is 17.0. The fourth-order valence-corrected chi connectivity index (χ4v) is 2.87. The summed E-state index contributed by atoms with van der Waals surface area (Å²) >= 11 is 0. The fraction of sp³-hybridized carbons (Fsp3) is 0.316. The van der Waals surface area contributed by atoms with E-state index in [0.717, 1.165) is 22.1 Å². The van der Waals surface area contributed by atoms with Crippen LogP contribution in [0.25, 0.3) is 11.0 Å². The van der Waals surface area contributed by atoms with Crippen molar-refractivity contribution in [3.8, 4) is 0 Å². The minimum absolute atomic E-state index is 0.239. The predicted molar refractivity (Wildman–Crippen MR) is 97.6 cm³/mol. The summed E-state index contributed by atoms with van der Waals surface area (Å²) in [6, 6.07) is 3.96. The number of aryl methyl sites for hydroxylation is 3. The molecule has 0 atom stereocenters. The Labute approximate surface area is 150 Å². The van der Waals surface area contributed by atoms with Crippen molar-refractivity contribution in [1.82, 2.24) is 9.78 Å². The molecule has 0 saturated heterocycles. The standard InChI is InChI=1S/C19H21N3O4/c1-10-6-7-11(2)15-14(10)12(3)16(26-15)17(23)21-13-8-20-22(9-13)19(4,5)18(24)25/h6-9H,1-5H3,(H,21,23)(H,24,25). The average molecular weight is 355 g/mol. The van der Waals surface area contributed by atoms with Gasteiger partial charge in [0.25, 0.3) is 5.91 Å². The lowest BCUT2D eigenvalue weighted by Crippen LogP contribution is -2.35. The molecular formula is C19H21N3O4. The first-order chi connectivity index (χ1) is 12.1. The number of carboxylic acids is 1. The number of anilines is 1. The molecule has 0 aliphatic heterocycles. The van der Waals surface area contributed by atoms with Gasteiger partial charge in [0.1, 0.15) is 5.58 Å². The molecule has 0 spiro atoms. The van der Waals surface area contributed by atoms with Crippen molar-refractivity contribution in [2.24, 2.45) is 0 Å². The van der Waals surface area contributed by atoms with Crippen molar-refractivity contribution in [2.75, 3.05) is 5.32 Å². The van der Waals surface area contributed by atoms with E-state index in [1.807, 2.05) is 32.9 Å². The number of aromatic nitrogens is 2. The number of hydrogen-bond donors (Lipinski definition) is 2. The molecule has 0 fully saturated rings. The normalized spacial score (nSPS) is 11.7. The lowest BCUT2D eigenvalue weighted by Gasteiger charge is -2.19. The number of fused-ring (bicyclic) bond motifs is 1. The second kappa shape index (κ2) is 6.01. The Morgan fingerprint density at radius 2 is 1.85 bits per heavy atom. The Hall–Kier alpha value is -3.09. The van der Waals surface area contributed by atoms with Gasteiger partial charge in [0.2, 0.25) is 0 Å². The zero-order valence-electron chi connectivity index (χ0n) is 15.4. The van der Waals surface area contributed by atoms with Gasteiger partial charge in [-0.1, -0.05) is 12.1 Å². The molecule has 1 amide bonds. The molecule has 2 heterocycles. The van der Waals surface area contributed by atoms with Gasteiger partial charge in [-0.3, -0.25) is 9.48 Å². The van der Waals surface area contributed by atoms with Gasteiger partial charge < -0.3 is 14.8 Å². The third kappa shape index (κ3) is 2.75. The van der Waals surface area contributed by atoms with Crippen LogP contribution in [0.2, 0.25) is 0 Å². The van der Waals surface area contributed by atoms with Crippen LogP contribution in [-0.4, -0.2) is 26.8 Å². The smallest absolute Gasteiger partial charge is 0.331 e. The van der Waals surface area contributed by atoms with Crippen LogP contribution >= 0.6 is 0 Å². The maximum absolute atomic E-state index is 12.7. The molecule has 2 N–H and O–H groups in total. The van der Waals surface area contributed by atoms with E-state index >= 15 is 0 Å². The molecule has 0 saturated carbocycles. The highest BCUT2D eigenvalue weighted by atomic mass is 16.4. The summed E-state index contributed by atoms with van der Waals surface area (Å²) in [6.45, 7) is 8.82. The van der Waals surface area contributed by atoms with Crippen molar-refractivity contribution in [2.45, 2.75) is 40.2 Å². The molecule has 0 unspecified atom stereocenters. The van der Waals surface area contributed by atoms with E-state index in [2.05, 4.69) is 10.4 Å². The molecule has 3 rings (SSSR count). The van der Waals surface area contributed by atoms with Crippen LogP contribution in [0, 0.1) is 20.8 Å². The summed E-state index contributed by atoms with van der Waals surface area (Å²) in [6.07, 6.45) is 2.90. The minimum Gasteiger partial charge on any atom is -0.479 e. The van der Waals surface area contributed by atoms with E-state index in [1.54, 1.807) is 0 Å². The van der Waals surface area contributed by atoms with Crippen LogP contribution in [0.4, 0.5) is 5.69 Å². The summed E-state index contributed by atoms with van der Waals surface area (Å²) in [5.74, 6) is -1.18. The van der Waals surface area contributed by atoms with Gasteiger partial charge in [-0.05, 0) is 45.7 Å².